The number of aromatic nitrogens is 2. The average molecular weight is 282 g/mol. The standard InChI is InChI=1S/C13H22N4OS/c1-4-13(3,11(14)19)12(18)15-7-5-6-10-8-16-17-9(10)2/h8H,4-7H2,1-3H3,(H2,14,19)(H,15,18)(H,16,17). The molecule has 1 aromatic rings. The van der Waals surface area contributed by atoms with Gasteiger partial charge in [0.1, 0.15) is 0 Å². The molecule has 1 heterocycles. The second-order valence-corrected chi connectivity index (χ2v) is 5.37. The maximum absolute atomic E-state index is 12.1. The van der Waals surface area contributed by atoms with E-state index in [4.69, 9.17) is 18.0 Å². The number of hydrogen-bond acceptors (Lipinski definition) is 3. The van der Waals surface area contributed by atoms with Gasteiger partial charge in [0.2, 0.25) is 5.91 Å². The summed E-state index contributed by atoms with van der Waals surface area (Å²) in [4.78, 5) is 12.3. The number of amides is 1. The van der Waals surface area contributed by atoms with E-state index in [-0.39, 0.29) is 10.9 Å². The fourth-order valence-corrected chi connectivity index (χ4v) is 1.99. The van der Waals surface area contributed by atoms with Gasteiger partial charge in [-0.25, -0.2) is 0 Å². The minimum Gasteiger partial charge on any atom is -0.392 e. The highest BCUT2D eigenvalue weighted by Gasteiger charge is 2.34. The molecule has 1 amide bonds. The molecular formula is C13H22N4OS. The Bertz CT molecular complexity index is 457. The molecule has 0 aliphatic rings. The zero-order chi connectivity index (χ0) is 14.5. The summed E-state index contributed by atoms with van der Waals surface area (Å²) < 4.78 is 0. The van der Waals surface area contributed by atoms with Crippen molar-refractivity contribution < 1.29 is 4.79 Å². The molecule has 106 valence electrons. The molecule has 0 radical (unpaired) electrons. The fourth-order valence-electron chi connectivity index (χ4n) is 1.75. The van der Waals surface area contributed by atoms with E-state index in [1.165, 1.54) is 5.56 Å². The Kier molecular flexibility index (Phi) is 5.47. The van der Waals surface area contributed by atoms with Gasteiger partial charge in [0.05, 0.1) is 16.6 Å². The second kappa shape index (κ2) is 6.65. The van der Waals surface area contributed by atoms with Crippen molar-refractivity contribution in [3.8, 4) is 0 Å². The third-order valence-corrected chi connectivity index (χ3v) is 4.05. The number of aromatic amines is 1. The molecule has 1 aromatic heterocycles. The van der Waals surface area contributed by atoms with Crippen LogP contribution in [-0.2, 0) is 11.2 Å². The fraction of sp³-hybridized carbons (Fsp3) is 0.615. The van der Waals surface area contributed by atoms with Crippen LogP contribution in [-0.4, -0.2) is 27.6 Å². The lowest BCUT2D eigenvalue weighted by molar-refractivity contribution is -0.126. The van der Waals surface area contributed by atoms with Gasteiger partial charge in [0.15, 0.2) is 0 Å². The van der Waals surface area contributed by atoms with Crippen LogP contribution in [0.4, 0.5) is 0 Å². The van der Waals surface area contributed by atoms with Gasteiger partial charge < -0.3 is 11.1 Å². The molecule has 4 N–H and O–H groups in total. The van der Waals surface area contributed by atoms with E-state index < -0.39 is 5.41 Å². The summed E-state index contributed by atoms with van der Waals surface area (Å²) in [7, 11) is 0. The maximum atomic E-state index is 12.1. The zero-order valence-electron chi connectivity index (χ0n) is 11.7. The largest absolute Gasteiger partial charge is 0.392 e. The van der Waals surface area contributed by atoms with E-state index in [1.807, 2.05) is 20.0 Å². The Hall–Kier alpha value is -1.43. The van der Waals surface area contributed by atoms with Crippen molar-refractivity contribution in [3.63, 3.8) is 0 Å². The summed E-state index contributed by atoms with van der Waals surface area (Å²) in [5, 5.41) is 9.76. The van der Waals surface area contributed by atoms with Gasteiger partial charge >= 0.3 is 0 Å². The minimum atomic E-state index is -0.749. The number of rotatable bonds is 7. The number of carbonyl (C=O) groups excluding carboxylic acids is 1. The molecule has 1 rings (SSSR count). The lowest BCUT2D eigenvalue weighted by Crippen LogP contribution is -2.46. The molecule has 0 aliphatic carbocycles. The number of H-pyrrole nitrogens is 1. The van der Waals surface area contributed by atoms with Crippen LogP contribution in [0.2, 0.25) is 0 Å². The summed E-state index contributed by atoms with van der Waals surface area (Å²) in [6, 6.07) is 0. The van der Waals surface area contributed by atoms with E-state index in [0.717, 1.165) is 18.5 Å². The molecule has 1 unspecified atom stereocenters. The molecule has 0 saturated carbocycles. The molecule has 0 spiro atoms. The van der Waals surface area contributed by atoms with Gasteiger partial charge in [-0.2, -0.15) is 5.10 Å². The van der Waals surface area contributed by atoms with Crippen LogP contribution in [0.15, 0.2) is 6.20 Å². The van der Waals surface area contributed by atoms with Gasteiger partial charge in [-0.15, -0.1) is 0 Å². The monoisotopic (exact) mass is 282 g/mol. The van der Waals surface area contributed by atoms with Gasteiger partial charge in [-0.05, 0) is 38.7 Å². The Morgan fingerprint density at radius 1 is 1.63 bits per heavy atom. The van der Waals surface area contributed by atoms with Crippen molar-refractivity contribution >= 4 is 23.1 Å². The van der Waals surface area contributed by atoms with Crippen LogP contribution in [0, 0.1) is 12.3 Å². The molecule has 0 aliphatic heterocycles. The third kappa shape index (κ3) is 3.76. The smallest absolute Gasteiger partial charge is 0.232 e. The summed E-state index contributed by atoms with van der Waals surface area (Å²) in [6.45, 7) is 6.29. The van der Waals surface area contributed by atoms with E-state index in [0.29, 0.717) is 13.0 Å². The minimum absolute atomic E-state index is 0.0913. The van der Waals surface area contributed by atoms with Crippen LogP contribution in [0.25, 0.3) is 0 Å². The first-order chi connectivity index (χ1) is 8.91. The number of nitrogens with two attached hydrogens (primary N) is 1. The molecule has 0 aromatic carbocycles. The third-order valence-electron chi connectivity index (χ3n) is 3.59. The predicted octanol–water partition coefficient (Wildman–Crippen LogP) is 1.47. The highest BCUT2D eigenvalue weighted by atomic mass is 32.1. The van der Waals surface area contributed by atoms with E-state index in [2.05, 4.69) is 15.5 Å². The number of nitrogens with zero attached hydrogens (tertiary/aromatic N) is 1. The predicted molar refractivity (Wildman–Crippen MR) is 79.8 cm³/mol. The van der Waals surface area contributed by atoms with Crippen LogP contribution in [0.5, 0.6) is 0 Å². The van der Waals surface area contributed by atoms with Crippen LogP contribution in [0.3, 0.4) is 0 Å². The van der Waals surface area contributed by atoms with Crippen molar-refractivity contribution in [3.05, 3.63) is 17.5 Å². The molecule has 1 atom stereocenters. The van der Waals surface area contributed by atoms with Crippen molar-refractivity contribution in [2.45, 2.75) is 40.0 Å². The van der Waals surface area contributed by atoms with Crippen molar-refractivity contribution in [2.24, 2.45) is 11.1 Å². The molecule has 0 saturated heterocycles. The quantitative estimate of drug-likeness (QED) is 0.522. The maximum Gasteiger partial charge on any atom is 0.232 e. The normalized spacial score (nSPS) is 13.8. The van der Waals surface area contributed by atoms with Gasteiger partial charge in [-0.1, -0.05) is 19.1 Å². The lowest BCUT2D eigenvalue weighted by Gasteiger charge is -2.25. The first-order valence-electron chi connectivity index (χ1n) is 6.49. The van der Waals surface area contributed by atoms with Gasteiger partial charge in [-0.3, -0.25) is 9.89 Å². The van der Waals surface area contributed by atoms with Crippen LogP contribution in [0.1, 0.15) is 37.9 Å². The molecule has 6 heteroatoms. The topological polar surface area (TPSA) is 83.8 Å². The Morgan fingerprint density at radius 3 is 2.79 bits per heavy atom. The lowest BCUT2D eigenvalue weighted by atomic mass is 9.86. The number of nitrogens with one attached hydrogen (secondary N) is 2. The molecule has 19 heavy (non-hydrogen) atoms. The molecule has 5 nitrogen and oxygen atoms in total. The Morgan fingerprint density at radius 2 is 2.32 bits per heavy atom. The summed E-state index contributed by atoms with van der Waals surface area (Å²) >= 11 is 4.97. The first kappa shape index (κ1) is 15.6. The molecule has 0 bridgehead atoms. The zero-order valence-corrected chi connectivity index (χ0v) is 12.6. The van der Waals surface area contributed by atoms with Gasteiger partial charge in [0, 0.05) is 12.2 Å². The Labute approximate surface area is 119 Å². The van der Waals surface area contributed by atoms with E-state index in [9.17, 15) is 4.79 Å². The highest BCUT2D eigenvalue weighted by Crippen LogP contribution is 2.21. The summed E-state index contributed by atoms with van der Waals surface area (Å²) in [6.07, 6.45) is 4.18. The highest BCUT2D eigenvalue weighted by molar-refractivity contribution is 7.80. The first-order valence-corrected chi connectivity index (χ1v) is 6.89. The van der Waals surface area contributed by atoms with Crippen LogP contribution >= 0.6 is 12.2 Å². The molecular weight excluding hydrogens is 260 g/mol. The van der Waals surface area contributed by atoms with Crippen molar-refractivity contribution in [2.75, 3.05) is 6.54 Å². The number of thiocarbonyl (C=S) groups is 1. The van der Waals surface area contributed by atoms with E-state index in [1.54, 1.807) is 6.92 Å². The SMILES string of the molecule is CCC(C)(C(=O)NCCCc1cn[nH]c1C)C(N)=S. The van der Waals surface area contributed by atoms with Crippen LogP contribution < -0.4 is 11.1 Å². The second-order valence-electron chi connectivity index (χ2n) is 4.93. The van der Waals surface area contributed by atoms with Crippen molar-refractivity contribution in [1.82, 2.24) is 15.5 Å². The van der Waals surface area contributed by atoms with E-state index >= 15 is 0 Å². The number of carbonyl (C=O) groups is 1. The number of aryl methyl sites for hydroxylation is 2. The van der Waals surface area contributed by atoms with Crippen molar-refractivity contribution in [1.29, 1.82) is 0 Å². The average Bonchev–Trinajstić information content (AvgIpc) is 2.78. The van der Waals surface area contributed by atoms with Gasteiger partial charge in [0.25, 0.3) is 0 Å². The summed E-state index contributed by atoms with van der Waals surface area (Å²) in [5.41, 5.74) is 7.15. The molecule has 0 fully saturated rings. The Balaban J connectivity index is 2.39. The summed E-state index contributed by atoms with van der Waals surface area (Å²) in [5.74, 6) is -0.0913. The number of hydrogen-bond donors (Lipinski definition) is 3.